The Morgan fingerprint density at radius 1 is 1.43 bits per heavy atom. The summed E-state index contributed by atoms with van der Waals surface area (Å²) in [5, 5.41) is 12.5. The van der Waals surface area contributed by atoms with Gasteiger partial charge in [-0.25, -0.2) is 0 Å². The lowest BCUT2D eigenvalue weighted by Crippen LogP contribution is -2.39. The van der Waals surface area contributed by atoms with Crippen LogP contribution in [0.3, 0.4) is 0 Å². The standard InChI is InChI=1S/C16H20N2O3/c1-10-7-12-8-11(4-5-13(12)17-10)15(19)9-18-6-2-3-14(18)16(20)21/h4-5,8,10,14,17H,2-3,6-7,9H2,1H3,(H,20,21). The molecule has 112 valence electrons. The maximum atomic E-state index is 12.4. The lowest BCUT2D eigenvalue weighted by Gasteiger charge is -2.20. The minimum atomic E-state index is -0.827. The molecule has 1 saturated heterocycles. The molecule has 3 rings (SSSR count). The monoisotopic (exact) mass is 288 g/mol. The van der Waals surface area contributed by atoms with Crippen LogP contribution in [0.5, 0.6) is 0 Å². The molecular formula is C16H20N2O3. The number of Topliss-reactive ketones (excluding diaryl/α,β-unsaturated/α-hetero) is 1. The predicted molar refractivity (Wildman–Crippen MR) is 79.8 cm³/mol. The first-order valence-electron chi connectivity index (χ1n) is 7.44. The van der Waals surface area contributed by atoms with Crippen LogP contribution in [0, 0.1) is 0 Å². The molecule has 0 aromatic heterocycles. The van der Waals surface area contributed by atoms with Gasteiger partial charge in [0.15, 0.2) is 5.78 Å². The van der Waals surface area contributed by atoms with Gasteiger partial charge in [0, 0.05) is 17.3 Å². The second kappa shape index (κ2) is 5.48. The van der Waals surface area contributed by atoms with E-state index in [9.17, 15) is 9.59 Å². The highest BCUT2D eigenvalue weighted by Gasteiger charge is 2.32. The zero-order valence-corrected chi connectivity index (χ0v) is 12.1. The van der Waals surface area contributed by atoms with Crippen molar-refractivity contribution in [2.75, 3.05) is 18.4 Å². The van der Waals surface area contributed by atoms with E-state index < -0.39 is 12.0 Å². The Labute approximate surface area is 123 Å². The second-order valence-corrected chi connectivity index (χ2v) is 6.01. The van der Waals surface area contributed by atoms with Crippen molar-refractivity contribution in [1.29, 1.82) is 0 Å². The third kappa shape index (κ3) is 2.78. The van der Waals surface area contributed by atoms with E-state index in [4.69, 9.17) is 5.11 Å². The van der Waals surface area contributed by atoms with Crippen molar-refractivity contribution in [3.8, 4) is 0 Å². The molecule has 0 spiro atoms. The van der Waals surface area contributed by atoms with Gasteiger partial charge in [-0.1, -0.05) is 0 Å². The van der Waals surface area contributed by atoms with Gasteiger partial charge in [-0.05, 0) is 56.5 Å². The van der Waals surface area contributed by atoms with Crippen LogP contribution >= 0.6 is 0 Å². The summed E-state index contributed by atoms with van der Waals surface area (Å²) in [7, 11) is 0. The molecule has 2 unspecified atom stereocenters. The van der Waals surface area contributed by atoms with Crippen molar-refractivity contribution >= 4 is 17.4 Å². The van der Waals surface area contributed by atoms with Gasteiger partial charge in [0.05, 0.1) is 6.54 Å². The number of benzene rings is 1. The van der Waals surface area contributed by atoms with E-state index in [1.54, 1.807) is 4.90 Å². The summed E-state index contributed by atoms with van der Waals surface area (Å²) in [6, 6.07) is 5.62. The van der Waals surface area contributed by atoms with Gasteiger partial charge in [0.2, 0.25) is 0 Å². The van der Waals surface area contributed by atoms with Gasteiger partial charge in [-0.15, -0.1) is 0 Å². The van der Waals surface area contributed by atoms with E-state index in [-0.39, 0.29) is 12.3 Å². The first kappa shape index (κ1) is 14.1. The van der Waals surface area contributed by atoms with E-state index in [1.807, 2.05) is 18.2 Å². The number of fused-ring (bicyclic) bond motifs is 1. The fourth-order valence-corrected chi connectivity index (χ4v) is 3.29. The molecule has 0 amide bonds. The zero-order chi connectivity index (χ0) is 15.0. The van der Waals surface area contributed by atoms with Crippen LogP contribution in [0.1, 0.15) is 35.7 Å². The number of ketones is 1. The number of carbonyl (C=O) groups is 2. The normalized spacial score (nSPS) is 24.6. The first-order valence-corrected chi connectivity index (χ1v) is 7.44. The number of nitrogens with zero attached hydrogens (tertiary/aromatic N) is 1. The van der Waals surface area contributed by atoms with Crippen LogP contribution in [-0.2, 0) is 11.2 Å². The highest BCUT2D eigenvalue weighted by atomic mass is 16.4. The highest BCUT2D eigenvalue weighted by molar-refractivity contribution is 5.98. The van der Waals surface area contributed by atoms with Crippen LogP contribution in [0.15, 0.2) is 18.2 Å². The molecule has 1 fully saturated rings. The van der Waals surface area contributed by atoms with Gasteiger partial charge in [0.25, 0.3) is 0 Å². The number of carboxylic acids is 1. The Morgan fingerprint density at radius 3 is 3.00 bits per heavy atom. The molecule has 2 aliphatic rings. The Morgan fingerprint density at radius 2 is 2.24 bits per heavy atom. The molecule has 2 atom stereocenters. The Kier molecular flexibility index (Phi) is 3.68. The van der Waals surface area contributed by atoms with E-state index in [1.165, 1.54) is 5.56 Å². The fraction of sp³-hybridized carbons (Fsp3) is 0.500. The summed E-state index contributed by atoms with van der Waals surface area (Å²) in [6.45, 7) is 2.99. The molecule has 5 heteroatoms. The SMILES string of the molecule is CC1Cc2cc(C(=O)CN3CCCC3C(=O)O)ccc2N1. The molecule has 2 aliphatic heterocycles. The number of aliphatic carboxylic acids is 1. The smallest absolute Gasteiger partial charge is 0.320 e. The molecule has 0 radical (unpaired) electrons. The quantitative estimate of drug-likeness (QED) is 0.826. The van der Waals surface area contributed by atoms with Crippen LogP contribution < -0.4 is 5.32 Å². The van der Waals surface area contributed by atoms with Crippen molar-refractivity contribution in [3.05, 3.63) is 29.3 Å². The summed E-state index contributed by atoms with van der Waals surface area (Å²) in [5.74, 6) is -0.821. The average Bonchev–Trinajstić information content (AvgIpc) is 3.02. The minimum absolute atomic E-state index is 0.00510. The Bertz CT molecular complexity index is 585. The number of hydrogen-bond donors (Lipinski definition) is 2. The van der Waals surface area contributed by atoms with Gasteiger partial charge in [-0.3, -0.25) is 14.5 Å². The molecule has 2 N–H and O–H groups in total. The number of carbonyl (C=O) groups excluding carboxylic acids is 1. The van der Waals surface area contributed by atoms with E-state index in [2.05, 4.69) is 12.2 Å². The number of nitrogens with one attached hydrogen (secondary N) is 1. The van der Waals surface area contributed by atoms with Crippen molar-refractivity contribution in [1.82, 2.24) is 4.90 Å². The topological polar surface area (TPSA) is 69.6 Å². The van der Waals surface area contributed by atoms with E-state index in [0.717, 1.165) is 18.5 Å². The van der Waals surface area contributed by atoms with Crippen LogP contribution in [0.25, 0.3) is 0 Å². The summed E-state index contributed by atoms with van der Waals surface area (Å²) < 4.78 is 0. The number of likely N-dealkylation sites (tertiary alicyclic amines) is 1. The van der Waals surface area contributed by atoms with Crippen molar-refractivity contribution in [3.63, 3.8) is 0 Å². The Balaban J connectivity index is 1.71. The largest absolute Gasteiger partial charge is 0.480 e. The van der Waals surface area contributed by atoms with Gasteiger partial charge in [-0.2, -0.15) is 0 Å². The van der Waals surface area contributed by atoms with Crippen molar-refractivity contribution < 1.29 is 14.7 Å². The number of carboxylic acid groups (broad SMARTS) is 1. The molecule has 2 heterocycles. The third-order valence-electron chi connectivity index (χ3n) is 4.35. The molecule has 0 aliphatic carbocycles. The molecule has 21 heavy (non-hydrogen) atoms. The molecule has 1 aromatic rings. The molecular weight excluding hydrogens is 268 g/mol. The second-order valence-electron chi connectivity index (χ2n) is 6.01. The van der Waals surface area contributed by atoms with Crippen LogP contribution in [-0.4, -0.2) is 46.9 Å². The average molecular weight is 288 g/mol. The molecule has 5 nitrogen and oxygen atoms in total. The van der Waals surface area contributed by atoms with E-state index >= 15 is 0 Å². The highest BCUT2D eigenvalue weighted by Crippen LogP contribution is 2.27. The first-order chi connectivity index (χ1) is 10.0. The molecule has 0 saturated carbocycles. The maximum absolute atomic E-state index is 12.4. The summed E-state index contributed by atoms with van der Waals surface area (Å²) >= 11 is 0. The maximum Gasteiger partial charge on any atom is 0.320 e. The summed E-state index contributed by atoms with van der Waals surface area (Å²) in [5.41, 5.74) is 2.95. The molecule has 0 bridgehead atoms. The fourth-order valence-electron chi connectivity index (χ4n) is 3.29. The molecule has 1 aromatic carbocycles. The number of anilines is 1. The summed E-state index contributed by atoms with van der Waals surface area (Å²) in [6.07, 6.45) is 2.40. The van der Waals surface area contributed by atoms with Crippen molar-refractivity contribution in [2.45, 2.75) is 38.3 Å². The van der Waals surface area contributed by atoms with Gasteiger partial charge >= 0.3 is 5.97 Å². The lowest BCUT2D eigenvalue weighted by molar-refractivity contribution is -0.141. The van der Waals surface area contributed by atoms with E-state index in [0.29, 0.717) is 24.6 Å². The third-order valence-corrected chi connectivity index (χ3v) is 4.35. The van der Waals surface area contributed by atoms with Crippen molar-refractivity contribution in [2.24, 2.45) is 0 Å². The Hall–Kier alpha value is -1.88. The summed E-state index contributed by atoms with van der Waals surface area (Å²) in [4.78, 5) is 25.3. The zero-order valence-electron chi connectivity index (χ0n) is 12.1. The minimum Gasteiger partial charge on any atom is -0.480 e. The predicted octanol–water partition coefficient (Wildman–Crippen LogP) is 1.77. The van der Waals surface area contributed by atoms with Crippen LogP contribution in [0.4, 0.5) is 5.69 Å². The number of rotatable bonds is 4. The lowest BCUT2D eigenvalue weighted by atomic mass is 10.0. The van der Waals surface area contributed by atoms with Gasteiger partial charge in [0.1, 0.15) is 6.04 Å². The number of hydrogen-bond acceptors (Lipinski definition) is 4. The van der Waals surface area contributed by atoms with Gasteiger partial charge < -0.3 is 10.4 Å². The van der Waals surface area contributed by atoms with Crippen LogP contribution in [0.2, 0.25) is 0 Å².